The molecule has 184 valence electrons. The predicted octanol–water partition coefficient (Wildman–Crippen LogP) is 4.93. The Morgan fingerprint density at radius 2 is 1.89 bits per heavy atom. The van der Waals surface area contributed by atoms with Crippen LogP contribution in [0.25, 0.3) is 11.3 Å². The van der Waals surface area contributed by atoms with Crippen LogP contribution >= 0.6 is 0 Å². The zero-order valence-corrected chi connectivity index (χ0v) is 20.2. The normalized spacial score (nSPS) is 16.8. The molecule has 8 heteroatoms. The molecular formula is C28H29N5O3. The van der Waals surface area contributed by atoms with Crippen molar-refractivity contribution in [3.63, 3.8) is 0 Å². The number of amides is 2. The molecule has 1 aliphatic heterocycles. The van der Waals surface area contributed by atoms with Gasteiger partial charge in [0, 0.05) is 24.2 Å². The molecule has 0 spiro atoms. The number of carbonyl (C=O) groups is 2. The van der Waals surface area contributed by atoms with Crippen molar-refractivity contribution >= 4 is 17.6 Å². The minimum atomic E-state index is -0.530. The van der Waals surface area contributed by atoms with Crippen molar-refractivity contribution in [1.29, 1.82) is 0 Å². The molecule has 5 rings (SSSR count). The first-order chi connectivity index (χ1) is 17.5. The molecule has 0 saturated heterocycles. The smallest absolute Gasteiger partial charge is 0.254 e. The second-order valence-electron chi connectivity index (χ2n) is 8.87. The number of hydrogen-bond acceptors (Lipinski definition) is 5. The van der Waals surface area contributed by atoms with Crippen LogP contribution in [0.5, 0.6) is 11.5 Å². The summed E-state index contributed by atoms with van der Waals surface area (Å²) in [6.07, 6.45) is 7.03. The van der Waals surface area contributed by atoms with Crippen LogP contribution in [0.4, 0.5) is 5.82 Å². The molecule has 0 bridgehead atoms. The molecule has 1 unspecified atom stereocenters. The van der Waals surface area contributed by atoms with E-state index in [-0.39, 0.29) is 11.9 Å². The Labute approximate surface area is 209 Å². The SMILES string of the molecule is CCC(=O)NC1=CCCC(C2CCNc3c(C(N)=O)c(-c4ccc(Oc5ccccc5)cc4)nn32)=C1. The zero-order valence-electron chi connectivity index (χ0n) is 20.2. The van der Waals surface area contributed by atoms with Gasteiger partial charge in [-0.3, -0.25) is 9.59 Å². The maximum Gasteiger partial charge on any atom is 0.254 e. The highest BCUT2D eigenvalue weighted by atomic mass is 16.5. The molecule has 1 aliphatic carbocycles. The number of benzene rings is 2. The van der Waals surface area contributed by atoms with Crippen molar-refractivity contribution in [2.45, 2.75) is 38.6 Å². The number of rotatable bonds is 7. The first-order valence-corrected chi connectivity index (χ1v) is 12.2. The van der Waals surface area contributed by atoms with E-state index in [1.165, 1.54) is 5.57 Å². The van der Waals surface area contributed by atoms with Gasteiger partial charge in [-0.15, -0.1) is 0 Å². The largest absolute Gasteiger partial charge is 0.457 e. The van der Waals surface area contributed by atoms with Crippen molar-refractivity contribution < 1.29 is 14.3 Å². The van der Waals surface area contributed by atoms with Crippen LogP contribution in [0.3, 0.4) is 0 Å². The lowest BCUT2D eigenvalue weighted by molar-refractivity contribution is -0.120. The van der Waals surface area contributed by atoms with Crippen molar-refractivity contribution in [2.24, 2.45) is 5.73 Å². The summed E-state index contributed by atoms with van der Waals surface area (Å²) in [7, 11) is 0. The fraction of sp³-hybridized carbons (Fsp3) is 0.250. The monoisotopic (exact) mass is 483 g/mol. The summed E-state index contributed by atoms with van der Waals surface area (Å²) in [4.78, 5) is 24.5. The van der Waals surface area contributed by atoms with Crippen LogP contribution in [0.2, 0.25) is 0 Å². The topological polar surface area (TPSA) is 111 Å². The molecule has 0 radical (unpaired) electrons. The van der Waals surface area contributed by atoms with Gasteiger partial charge < -0.3 is 21.1 Å². The van der Waals surface area contributed by atoms with Gasteiger partial charge in [0.2, 0.25) is 5.91 Å². The number of anilines is 1. The number of nitrogens with zero attached hydrogens (tertiary/aromatic N) is 2. The standard InChI is InChI=1S/C28H29N5O3/c1-2-24(34)31-20-8-6-7-19(17-20)23-15-16-30-28-25(27(29)35)26(32-33(23)28)18-11-13-22(14-12-18)36-21-9-4-3-5-10-21/h3-5,8-14,17,23,30H,2,6-7,15-16H2,1H3,(H2,29,35)(H,31,34). The Kier molecular flexibility index (Phi) is 6.58. The zero-order chi connectivity index (χ0) is 25.1. The van der Waals surface area contributed by atoms with Gasteiger partial charge in [-0.05, 0) is 67.3 Å². The summed E-state index contributed by atoms with van der Waals surface area (Å²) in [6, 6.07) is 17.0. The molecule has 4 N–H and O–H groups in total. The molecule has 0 fully saturated rings. The number of nitrogens with one attached hydrogen (secondary N) is 2. The Morgan fingerprint density at radius 1 is 1.14 bits per heavy atom. The summed E-state index contributed by atoms with van der Waals surface area (Å²) in [5.74, 6) is 1.52. The summed E-state index contributed by atoms with van der Waals surface area (Å²) >= 11 is 0. The van der Waals surface area contributed by atoms with Crippen molar-refractivity contribution in [3.8, 4) is 22.8 Å². The average molecular weight is 484 g/mol. The molecule has 1 atom stereocenters. The van der Waals surface area contributed by atoms with Gasteiger partial charge in [0.05, 0.1) is 6.04 Å². The van der Waals surface area contributed by atoms with E-state index in [1.54, 1.807) is 0 Å². The Bertz CT molecular complexity index is 1340. The number of aromatic nitrogens is 2. The predicted molar refractivity (Wildman–Crippen MR) is 139 cm³/mol. The maximum absolute atomic E-state index is 12.6. The Balaban J connectivity index is 1.47. The maximum atomic E-state index is 12.6. The molecule has 2 aliphatic rings. The number of fused-ring (bicyclic) bond motifs is 1. The van der Waals surface area contributed by atoms with Gasteiger partial charge in [-0.2, -0.15) is 5.10 Å². The number of para-hydroxylation sites is 1. The summed E-state index contributed by atoms with van der Waals surface area (Å²) in [6.45, 7) is 2.52. The molecule has 2 heterocycles. The third-order valence-corrected chi connectivity index (χ3v) is 6.44. The van der Waals surface area contributed by atoms with E-state index < -0.39 is 5.91 Å². The van der Waals surface area contributed by atoms with Crippen LogP contribution < -0.4 is 21.1 Å². The first-order valence-electron chi connectivity index (χ1n) is 12.2. The van der Waals surface area contributed by atoms with Crippen molar-refractivity contribution in [1.82, 2.24) is 15.1 Å². The molecule has 0 saturated carbocycles. The van der Waals surface area contributed by atoms with E-state index in [0.29, 0.717) is 35.8 Å². The van der Waals surface area contributed by atoms with Gasteiger partial charge >= 0.3 is 0 Å². The minimum Gasteiger partial charge on any atom is -0.457 e. The number of primary amides is 1. The highest BCUT2D eigenvalue weighted by Crippen LogP contribution is 2.39. The van der Waals surface area contributed by atoms with E-state index in [0.717, 1.165) is 36.3 Å². The van der Waals surface area contributed by atoms with Crippen LogP contribution in [0.15, 0.2) is 78.0 Å². The fourth-order valence-corrected chi connectivity index (χ4v) is 4.69. The van der Waals surface area contributed by atoms with Gasteiger partial charge in [0.1, 0.15) is 28.6 Å². The highest BCUT2D eigenvalue weighted by molar-refractivity contribution is 6.04. The summed E-state index contributed by atoms with van der Waals surface area (Å²) in [5.41, 5.74) is 9.52. The Hall–Kier alpha value is -4.33. The number of carbonyl (C=O) groups excluding carboxylic acids is 2. The van der Waals surface area contributed by atoms with Crippen molar-refractivity contribution in [2.75, 3.05) is 11.9 Å². The van der Waals surface area contributed by atoms with Gasteiger partial charge in [0.25, 0.3) is 5.91 Å². The molecule has 8 nitrogen and oxygen atoms in total. The number of ether oxygens (including phenoxy) is 1. The lowest BCUT2D eigenvalue weighted by Crippen LogP contribution is -2.28. The number of nitrogens with two attached hydrogens (primary N) is 1. The third-order valence-electron chi connectivity index (χ3n) is 6.44. The summed E-state index contributed by atoms with van der Waals surface area (Å²) in [5, 5.41) is 11.2. The molecule has 2 amide bonds. The third kappa shape index (κ3) is 4.75. The Morgan fingerprint density at radius 3 is 2.61 bits per heavy atom. The van der Waals surface area contributed by atoms with Gasteiger partial charge in [-0.25, -0.2) is 4.68 Å². The quantitative estimate of drug-likeness (QED) is 0.441. The van der Waals surface area contributed by atoms with E-state index in [2.05, 4.69) is 10.6 Å². The minimum absolute atomic E-state index is 0.0122. The lowest BCUT2D eigenvalue weighted by Gasteiger charge is -2.29. The highest BCUT2D eigenvalue weighted by Gasteiger charge is 2.31. The van der Waals surface area contributed by atoms with Crippen LogP contribution in [0, 0.1) is 0 Å². The molecule has 3 aromatic rings. The fourth-order valence-electron chi connectivity index (χ4n) is 4.69. The number of hydrogen-bond donors (Lipinski definition) is 3. The molecule has 2 aromatic carbocycles. The van der Waals surface area contributed by atoms with Crippen LogP contribution in [-0.2, 0) is 4.79 Å². The van der Waals surface area contributed by atoms with Gasteiger partial charge in [-0.1, -0.05) is 31.2 Å². The number of allylic oxidation sites excluding steroid dienone is 3. The molecule has 36 heavy (non-hydrogen) atoms. The van der Waals surface area contributed by atoms with Crippen molar-refractivity contribution in [3.05, 3.63) is 83.6 Å². The van der Waals surface area contributed by atoms with E-state index in [9.17, 15) is 9.59 Å². The molecule has 1 aromatic heterocycles. The molecular weight excluding hydrogens is 454 g/mol. The second-order valence-corrected chi connectivity index (χ2v) is 8.87. The van der Waals surface area contributed by atoms with E-state index in [1.807, 2.05) is 78.4 Å². The van der Waals surface area contributed by atoms with Crippen LogP contribution in [0.1, 0.15) is 49.0 Å². The first kappa shape index (κ1) is 23.4. The summed E-state index contributed by atoms with van der Waals surface area (Å²) < 4.78 is 7.78. The van der Waals surface area contributed by atoms with Gasteiger partial charge in [0.15, 0.2) is 0 Å². The van der Waals surface area contributed by atoms with Crippen LogP contribution in [-0.4, -0.2) is 28.1 Å². The van der Waals surface area contributed by atoms with E-state index >= 15 is 0 Å². The average Bonchev–Trinajstić information content (AvgIpc) is 3.30. The van der Waals surface area contributed by atoms with E-state index in [4.69, 9.17) is 15.6 Å². The second kappa shape index (κ2) is 10.1. The lowest BCUT2D eigenvalue weighted by atomic mass is 9.93.